The van der Waals surface area contributed by atoms with Gasteiger partial charge in [-0.15, -0.1) is 0 Å². The van der Waals surface area contributed by atoms with Crippen LogP contribution in [0.4, 0.5) is 11.4 Å². The summed E-state index contributed by atoms with van der Waals surface area (Å²) in [7, 11) is 0. The number of piperidine rings is 2. The molecule has 1 saturated carbocycles. The largest absolute Gasteiger partial charge is 0.508 e. The zero-order valence-electron chi connectivity index (χ0n) is 33.8. The van der Waals surface area contributed by atoms with Gasteiger partial charge >= 0.3 is 0 Å². The van der Waals surface area contributed by atoms with E-state index in [2.05, 4.69) is 50.3 Å². The normalized spacial score (nSPS) is 23.1. The van der Waals surface area contributed by atoms with E-state index in [1.54, 1.807) is 17.0 Å². The minimum absolute atomic E-state index is 0.151. The third kappa shape index (κ3) is 8.35. The molecule has 11 heteroatoms. The number of hydrogen-bond acceptors (Lipinski definition) is 9. The number of para-hydroxylation sites is 1. The maximum absolute atomic E-state index is 13.2. The van der Waals surface area contributed by atoms with Crippen molar-refractivity contribution in [1.82, 2.24) is 15.1 Å². The molecule has 7 aliphatic rings. The van der Waals surface area contributed by atoms with E-state index in [1.807, 2.05) is 54.6 Å². The molecule has 3 saturated heterocycles. The summed E-state index contributed by atoms with van der Waals surface area (Å²) in [5.74, 6) is 1.91. The maximum Gasteiger partial charge on any atom is 0.255 e. The number of anilines is 2. The Bertz CT molecular complexity index is 2110. The van der Waals surface area contributed by atoms with Crippen molar-refractivity contribution in [3.05, 3.63) is 114 Å². The molecule has 0 bridgehead atoms. The Morgan fingerprint density at radius 3 is 2.29 bits per heavy atom. The summed E-state index contributed by atoms with van der Waals surface area (Å²) in [5, 5.41) is 11.5. The van der Waals surface area contributed by atoms with Crippen LogP contribution in [0, 0.1) is 11.3 Å². The van der Waals surface area contributed by atoms with Gasteiger partial charge < -0.3 is 29.3 Å². The first kappa shape index (κ1) is 38.9. The summed E-state index contributed by atoms with van der Waals surface area (Å²) in [6, 6.07) is 31.8. The van der Waals surface area contributed by atoms with Crippen molar-refractivity contribution in [3.63, 3.8) is 0 Å². The van der Waals surface area contributed by atoms with Gasteiger partial charge in [0.1, 0.15) is 29.9 Å². The van der Waals surface area contributed by atoms with Gasteiger partial charge in [-0.3, -0.25) is 24.6 Å². The average molecular weight is 798 g/mol. The lowest BCUT2D eigenvalue weighted by Gasteiger charge is -2.54. The summed E-state index contributed by atoms with van der Waals surface area (Å²) in [6.07, 6.45) is 8.12. The van der Waals surface area contributed by atoms with Crippen LogP contribution in [0.3, 0.4) is 0 Å². The van der Waals surface area contributed by atoms with Crippen molar-refractivity contribution in [2.45, 2.75) is 70.0 Å². The Hall–Kier alpha value is -5.55. The lowest BCUT2D eigenvalue weighted by Crippen LogP contribution is -2.59. The van der Waals surface area contributed by atoms with Gasteiger partial charge in [0.15, 0.2) is 0 Å². The Morgan fingerprint density at radius 2 is 1.54 bits per heavy atom. The lowest BCUT2D eigenvalue weighted by molar-refractivity contribution is -0.136. The minimum Gasteiger partial charge on any atom is -0.508 e. The van der Waals surface area contributed by atoms with Gasteiger partial charge in [-0.2, -0.15) is 0 Å². The van der Waals surface area contributed by atoms with Gasteiger partial charge in [0.2, 0.25) is 11.8 Å². The quantitative estimate of drug-likeness (QED) is 0.226. The lowest BCUT2D eigenvalue weighted by atomic mass is 9.57. The van der Waals surface area contributed by atoms with E-state index in [1.165, 1.54) is 56.6 Å². The van der Waals surface area contributed by atoms with Crippen molar-refractivity contribution in [2.24, 2.45) is 11.3 Å². The summed E-state index contributed by atoms with van der Waals surface area (Å²) in [4.78, 5) is 46.6. The number of rotatable bonds is 4. The fourth-order valence-electron chi connectivity index (χ4n) is 10.4. The number of amides is 3. The molecule has 2 N–H and O–H groups in total. The molecule has 3 amide bonds. The SMILES string of the molecule is O=C1CCC(N2Cc3c(ccc4c3OCC3CN(CC5CC6(CCN(c7ccccc7)CC6)C5)CCN43)C2=O)C(=O)N1.Oc1ccc2c(c1)OCCC2.c1ccccc1. The zero-order valence-corrected chi connectivity index (χ0v) is 33.8. The predicted molar refractivity (Wildman–Crippen MR) is 227 cm³/mol. The van der Waals surface area contributed by atoms with Gasteiger partial charge in [0, 0.05) is 68.6 Å². The summed E-state index contributed by atoms with van der Waals surface area (Å²) < 4.78 is 11.7. The van der Waals surface area contributed by atoms with Crippen LogP contribution in [0.15, 0.2) is 97.1 Å². The van der Waals surface area contributed by atoms with E-state index in [0.717, 1.165) is 67.8 Å². The second kappa shape index (κ2) is 17.0. The van der Waals surface area contributed by atoms with E-state index < -0.39 is 6.04 Å². The molecule has 4 aromatic carbocycles. The molecule has 2 atom stereocenters. The van der Waals surface area contributed by atoms with Crippen LogP contribution in [-0.4, -0.2) is 97.2 Å². The molecule has 2 unspecified atom stereocenters. The van der Waals surface area contributed by atoms with Crippen LogP contribution in [0.5, 0.6) is 17.2 Å². The fourth-order valence-corrected chi connectivity index (χ4v) is 10.4. The predicted octanol–water partition coefficient (Wildman–Crippen LogP) is 6.43. The highest BCUT2D eigenvalue weighted by Crippen LogP contribution is 2.53. The van der Waals surface area contributed by atoms with Crippen molar-refractivity contribution in [1.29, 1.82) is 0 Å². The number of phenols is 1. The van der Waals surface area contributed by atoms with Crippen molar-refractivity contribution >= 4 is 29.1 Å². The first-order chi connectivity index (χ1) is 28.8. The number of fused-ring (bicyclic) bond motifs is 6. The molecular weight excluding hydrogens is 743 g/mol. The van der Waals surface area contributed by atoms with Crippen LogP contribution in [0.2, 0.25) is 0 Å². The topological polar surface area (TPSA) is 115 Å². The molecule has 11 nitrogen and oxygen atoms in total. The number of hydrogen-bond donors (Lipinski definition) is 2. The number of ether oxygens (including phenoxy) is 2. The number of piperazine rings is 1. The second-order valence-electron chi connectivity index (χ2n) is 17.3. The number of nitrogens with zero attached hydrogens (tertiary/aromatic N) is 4. The van der Waals surface area contributed by atoms with Gasteiger partial charge in [-0.25, -0.2) is 0 Å². The smallest absolute Gasteiger partial charge is 0.255 e. The number of aromatic hydroxyl groups is 1. The molecule has 0 radical (unpaired) electrons. The number of nitrogens with one attached hydrogen (secondary N) is 1. The van der Waals surface area contributed by atoms with Gasteiger partial charge in [0.25, 0.3) is 5.91 Å². The number of imide groups is 1. The Labute approximate surface area is 346 Å². The van der Waals surface area contributed by atoms with Crippen LogP contribution in [0.25, 0.3) is 0 Å². The highest BCUT2D eigenvalue weighted by atomic mass is 16.5. The Balaban J connectivity index is 0.000000217. The molecular formula is C48H55N5O6. The monoisotopic (exact) mass is 797 g/mol. The second-order valence-corrected chi connectivity index (χ2v) is 17.3. The molecule has 6 aliphatic heterocycles. The summed E-state index contributed by atoms with van der Waals surface area (Å²) in [5.41, 5.74) is 5.68. The fraction of sp³-hybridized carbons (Fsp3) is 0.438. The molecule has 1 aliphatic carbocycles. The molecule has 4 aromatic rings. The molecule has 0 aromatic heterocycles. The number of aryl methyl sites for hydroxylation is 1. The molecule has 59 heavy (non-hydrogen) atoms. The standard InChI is InChI=1S/C33H39N5O4.C9H10O2.C6H6/c39-29-9-8-28(31(40)34-29)38-20-26-25(32(38)41)6-7-27-30(26)42-21-24-19-35(14-15-37(24)27)18-22-16-33(17-22)10-12-36(13-11-33)23-4-2-1-3-5-23;10-8-4-3-7-2-1-5-11-9(7)6-8;1-2-4-6-5-3-1/h1-7,22,24,28H,8-21H2,(H,34,39,40);3-4,6,10H,1-2,5H2;1-6H. The van der Waals surface area contributed by atoms with Crippen molar-refractivity contribution < 1.29 is 29.0 Å². The van der Waals surface area contributed by atoms with Crippen molar-refractivity contribution in [3.8, 4) is 17.2 Å². The molecule has 308 valence electrons. The van der Waals surface area contributed by atoms with E-state index in [9.17, 15) is 14.4 Å². The number of phenolic OH excluding ortho intramolecular Hbond substituents is 1. The molecule has 6 heterocycles. The van der Waals surface area contributed by atoms with E-state index in [4.69, 9.17) is 14.6 Å². The van der Waals surface area contributed by atoms with Crippen LogP contribution in [-0.2, 0) is 22.6 Å². The number of carbonyl (C=O) groups excluding carboxylic acids is 3. The van der Waals surface area contributed by atoms with Crippen LogP contribution >= 0.6 is 0 Å². The van der Waals surface area contributed by atoms with Crippen LogP contribution < -0.4 is 24.6 Å². The first-order valence-electron chi connectivity index (χ1n) is 21.5. The maximum atomic E-state index is 13.2. The Morgan fingerprint density at radius 1 is 0.797 bits per heavy atom. The van der Waals surface area contributed by atoms with Gasteiger partial charge in [0.05, 0.1) is 24.9 Å². The van der Waals surface area contributed by atoms with E-state index in [-0.39, 0.29) is 29.9 Å². The molecule has 4 fully saturated rings. The molecule has 1 spiro atoms. The highest BCUT2D eigenvalue weighted by Gasteiger charge is 2.47. The van der Waals surface area contributed by atoms with Gasteiger partial charge in [-0.05, 0) is 92.2 Å². The van der Waals surface area contributed by atoms with E-state index >= 15 is 0 Å². The third-order valence-electron chi connectivity index (χ3n) is 13.4. The first-order valence-corrected chi connectivity index (χ1v) is 21.5. The average Bonchev–Trinajstić information content (AvgIpc) is 3.60. The highest BCUT2D eigenvalue weighted by molar-refractivity contribution is 6.06. The summed E-state index contributed by atoms with van der Waals surface area (Å²) in [6.45, 7) is 8.26. The zero-order chi connectivity index (χ0) is 40.3. The van der Waals surface area contributed by atoms with E-state index in [0.29, 0.717) is 36.6 Å². The van der Waals surface area contributed by atoms with Crippen molar-refractivity contribution in [2.75, 3.05) is 62.3 Å². The number of benzene rings is 4. The van der Waals surface area contributed by atoms with Gasteiger partial charge in [-0.1, -0.05) is 60.7 Å². The number of carbonyl (C=O) groups is 3. The third-order valence-corrected chi connectivity index (χ3v) is 13.4. The molecule has 11 rings (SSSR count). The minimum atomic E-state index is -0.611. The van der Waals surface area contributed by atoms with Crippen LogP contribution in [0.1, 0.15) is 66.4 Å². The summed E-state index contributed by atoms with van der Waals surface area (Å²) >= 11 is 0. The Kier molecular flexibility index (Phi) is 11.2.